The number of nitrogens with one attached hydrogen (secondary N) is 1. The summed E-state index contributed by atoms with van der Waals surface area (Å²) in [6.07, 6.45) is 6.67. The summed E-state index contributed by atoms with van der Waals surface area (Å²) < 4.78 is 2.31. The molecule has 1 aliphatic rings. The molecule has 1 atom stereocenters. The standard InChI is InChI=1S/C13H24N4/c1-3-14-8-13-9-15-11-17(13)12(2)10-16-6-4-5-7-16/h9,11-12,14H,3-8,10H2,1-2H3. The minimum absolute atomic E-state index is 0.518. The fraction of sp³-hybridized carbons (Fsp3) is 0.769. The molecule has 1 aromatic heterocycles. The minimum atomic E-state index is 0.518. The van der Waals surface area contributed by atoms with E-state index < -0.39 is 0 Å². The molecule has 2 rings (SSSR count). The lowest BCUT2D eigenvalue weighted by molar-refractivity contribution is 0.284. The highest BCUT2D eigenvalue weighted by atomic mass is 15.2. The predicted octanol–water partition coefficient (Wildman–Crippen LogP) is 1.65. The van der Waals surface area contributed by atoms with Crippen LogP contribution < -0.4 is 5.32 Å². The van der Waals surface area contributed by atoms with Crippen LogP contribution in [0.2, 0.25) is 0 Å². The summed E-state index contributed by atoms with van der Waals surface area (Å²) in [5.74, 6) is 0. The molecular formula is C13H24N4. The van der Waals surface area contributed by atoms with Gasteiger partial charge in [-0.3, -0.25) is 0 Å². The SMILES string of the molecule is CCNCc1cncn1C(C)CN1CCCC1. The van der Waals surface area contributed by atoms with Crippen molar-refractivity contribution < 1.29 is 0 Å². The molecule has 0 bridgehead atoms. The van der Waals surface area contributed by atoms with Crippen LogP contribution in [0.25, 0.3) is 0 Å². The molecule has 0 amide bonds. The van der Waals surface area contributed by atoms with Crippen molar-refractivity contribution in [2.45, 2.75) is 39.3 Å². The van der Waals surface area contributed by atoms with Gasteiger partial charge in [0.2, 0.25) is 0 Å². The summed E-state index contributed by atoms with van der Waals surface area (Å²) in [4.78, 5) is 6.83. The molecule has 1 aromatic rings. The Hall–Kier alpha value is -0.870. The number of rotatable bonds is 6. The average molecular weight is 236 g/mol. The van der Waals surface area contributed by atoms with Crippen molar-refractivity contribution in [3.8, 4) is 0 Å². The molecule has 17 heavy (non-hydrogen) atoms. The number of nitrogens with zero attached hydrogens (tertiary/aromatic N) is 3. The van der Waals surface area contributed by atoms with E-state index in [9.17, 15) is 0 Å². The van der Waals surface area contributed by atoms with Gasteiger partial charge in [-0.05, 0) is 39.4 Å². The van der Waals surface area contributed by atoms with Gasteiger partial charge < -0.3 is 14.8 Å². The fourth-order valence-electron chi connectivity index (χ4n) is 2.55. The largest absolute Gasteiger partial charge is 0.329 e. The van der Waals surface area contributed by atoms with E-state index in [4.69, 9.17) is 0 Å². The van der Waals surface area contributed by atoms with Gasteiger partial charge in [-0.1, -0.05) is 6.92 Å². The van der Waals surface area contributed by atoms with Gasteiger partial charge in [0, 0.05) is 25.3 Å². The van der Waals surface area contributed by atoms with Crippen molar-refractivity contribution >= 4 is 0 Å². The predicted molar refractivity (Wildman–Crippen MR) is 70.0 cm³/mol. The first-order valence-electron chi connectivity index (χ1n) is 6.75. The van der Waals surface area contributed by atoms with Crippen molar-refractivity contribution in [3.63, 3.8) is 0 Å². The third-order valence-electron chi connectivity index (χ3n) is 3.50. The van der Waals surface area contributed by atoms with Gasteiger partial charge in [0.1, 0.15) is 0 Å². The molecule has 4 nitrogen and oxygen atoms in total. The van der Waals surface area contributed by atoms with Gasteiger partial charge in [-0.2, -0.15) is 0 Å². The van der Waals surface area contributed by atoms with Crippen LogP contribution in [0.3, 0.4) is 0 Å². The zero-order valence-corrected chi connectivity index (χ0v) is 11.0. The van der Waals surface area contributed by atoms with E-state index in [0.717, 1.165) is 19.6 Å². The van der Waals surface area contributed by atoms with Crippen molar-refractivity contribution in [2.75, 3.05) is 26.2 Å². The maximum atomic E-state index is 4.28. The number of imidazole rings is 1. The second-order valence-corrected chi connectivity index (χ2v) is 4.93. The third-order valence-corrected chi connectivity index (χ3v) is 3.50. The second-order valence-electron chi connectivity index (χ2n) is 4.93. The lowest BCUT2D eigenvalue weighted by atomic mass is 10.3. The fourth-order valence-corrected chi connectivity index (χ4v) is 2.55. The first-order chi connectivity index (χ1) is 8.31. The summed E-state index contributed by atoms with van der Waals surface area (Å²) in [5.41, 5.74) is 1.29. The van der Waals surface area contributed by atoms with Gasteiger partial charge >= 0.3 is 0 Å². The Morgan fingerprint density at radius 1 is 1.41 bits per heavy atom. The van der Waals surface area contributed by atoms with Crippen LogP contribution in [-0.4, -0.2) is 40.6 Å². The van der Waals surface area contributed by atoms with Gasteiger partial charge in [0.15, 0.2) is 0 Å². The maximum Gasteiger partial charge on any atom is 0.0951 e. The lowest BCUT2D eigenvalue weighted by Gasteiger charge is -2.23. The first kappa shape index (κ1) is 12.6. The quantitative estimate of drug-likeness (QED) is 0.815. The topological polar surface area (TPSA) is 33.1 Å². The summed E-state index contributed by atoms with van der Waals surface area (Å²) in [6, 6.07) is 0.518. The van der Waals surface area contributed by atoms with E-state index in [1.54, 1.807) is 0 Å². The maximum absolute atomic E-state index is 4.28. The van der Waals surface area contributed by atoms with E-state index in [1.165, 1.54) is 31.6 Å². The molecule has 96 valence electrons. The third kappa shape index (κ3) is 3.30. The zero-order valence-electron chi connectivity index (χ0n) is 11.0. The lowest BCUT2D eigenvalue weighted by Crippen LogP contribution is -2.28. The Kier molecular flexibility index (Phi) is 4.57. The van der Waals surface area contributed by atoms with Crippen LogP contribution in [-0.2, 0) is 6.54 Å². The van der Waals surface area contributed by atoms with Crippen molar-refractivity contribution in [2.24, 2.45) is 0 Å². The molecule has 0 saturated carbocycles. The molecule has 1 N–H and O–H groups in total. The van der Waals surface area contributed by atoms with E-state index >= 15 is 0 Å². The van der Waals surface area contributed by atoms with Crippen molar-refractivity contribution in [1.29, 1.82) is 0 Å². The van der Waals surface area contributed by atoms with Gasteiger partial charge in [-0.15, -0.1) is 0 Å². The molecule has 1 unspecified atom stereocenters. The van der Waals surface area contributed by atoms with Gasteiger partial charge in [0.05, 0.1) is 12.0 Å². The molecule has 1 aliphatic heterocycles. The van der Waals surface area contributed by atoms with E-state index in [1.807, 2.05) is 12.5 Å². The molecule has 0 aromatic carbocycles. The Morgan fingerprint density at radius 3 is 2.88 bits per heavy atom. The van der Waals surface area contributed by atoms with Crippen molar-refractivity contribution in [3.05, 3.63) is 18.2 Å². The summed E-state index contributed by atoms with van der Waals surface area (Å²) in [7, 11) is 0. The highest BCUT2D eigenvalue weighted by Crippen LogP contribution is 2.15. The molecule has 0 radical (unpaired) electrons. The Balaban J connectivity index is 1.92. The molecule has 1 fully saturated rings. The summed E-state index contributed by atoms with van der Waals surface area (Å²) >= 11 is 0. The van der Waals surface area contributed by atoms with E-state index in [0.29, 0.717) is 6.04 Å². The number of hydrogen-bond acceptors (Lipinski definition) is 3. The van der Waals surface area contributed by atoms with Crippen LogP contribution in [0, 0.1) is 0 Å². The highest BCUT2D eigenvalue weighted by Gasteiger charge is 2.16. The van der Waals surface area contributed by atoms with Gasteiger partial charge in [0.25, 0.3) is 0 Å². The molecule has 0 spiro atoms. The van der Waals surface area contributed by atoms with E-state index in [2.05, 4.69) is 33.6 Å². The normalized spacial score (nSPS) is 18.7. The smallest absolute Gasteiger partial charge is 0.0951 e. The number of hydrogen-bond donors (Lipinski definition) is 1. The van der Waals surface area contributed by atoms with Crippen LogP contribution in [0.5, 0.6) is 0 Å². The van der Waals surface area contributed by atoms with Crippen LogP contribution in [0.15, 0.2) is 12.5 Å². The Bertz CT molecular complexity index is 328. The molecule has 1 saturated heterocycles. The highest BCUT2D eigenvalue weighted by molar-refractivity contribution is 5.00. The van der Waals surface area contributed by atoms with Crippen molar-refractivity contribution in [1.82, 2.24) is 19.8 Å². The second kappa shape index (κ2) is 6.17. The summed E-state index contributed by atoms with van der Waals surface area (Å²) in [5, 5.41) is 3.37. The zero-order chi connectivity index (χ0) is 12.1. The molecule has 2 heterocycles. The molecular weight excluding hydrogens is 212 g/mol. The molecule has 4 heteroatoms. The molecule has 0 aliphatic carbocycles. The van der Waals surface area contributed by atoms with Gasteiger partial charge in [-0.25, -0.2) is 4.98 Å². The van der Waals surface area contributed by atoms with Crippen LogP contribution in [0.1, 0.15) is 38.4 Å². The number of likely N-dealkylation sites (tertiary alicyclic amines) is 1. The number of aromatic nitrogens is 2. The van der Waals surface area contributed by atoms with Crippen LogP contribution in [0.4, 0.5) is 0 Å². The van der Waals surface area contributed by atoms with Crippen LogP contribution >= 0.6 is 0 Å². The first-order valence-corrected chi connectivity index (χ1v) is 6.75. The Labute approximate surface area is 104 Å². The van der Waals surface area contributed by atoms with E-state index in [-0.39, 0.29) is 0 Å². The minimum Gasteiger partial charge on any atom is -0.329 e. The average Bonchev–Trinajstić information content (AvgIpc) is 2.96. The Morgan fingerprint density at radius 2 is 2.18 bits per heavy atom. The summed E-state index contributed by atoms with van der Waals surface area (Å²) in [6.45, 7) is 10.0. The monoisotopic (exact) mass is 236 g/mol.